The van der Waals surface area contributed by atoms with E-state index in [1.54, 1.807) is 6.07 Å². The van der Waals surface area contributed by atoms with Crippen molar-refractivity contribution in [2.75, 3.05) is 5.88 Å². The maximum atomic E-state index is 13.1. The van der Waals surface area contributed by atoms with Gasteiger partial charge in [-0.1, -0.05) is 36.4 Å². The fraction of sp³-hybridized carbons (Fsp3) is 0.133. The van der Waals surface area contributed by atoms with Gasteiger partial charge in [-0.15, -0.1) is 11.6 Å². The van der Waals surface area contributed by atoms with Crippen LogP contribution in [0.5, 0.6) is 0 Å². The number of carbonyl (C=O) groups is 1. The third-order valence-corrected chi connectivity index (χ3v) is 3.06. The van der Waals surface area contributed by atoms with E-state index in [1.165, 1.54) is 18.2 Å². The molecule has 0 heterocycles. The van der Waals surface area contributed by atoms with Crippen molar-refractivity contribution in [3.63, 3.8) is 0 Å². The number of hydrogen-bond acceptors (Lipinski definition) is 1. The minimum absolute atomic E-state index is 0.255. The van der Waals surface area contributed by atoms with E-state index in [-0.39, 0.29) is 23.4 Å². The molecule has 0 saturated heterocycles. The molecule has 0 aromatic heterocycles. The van der Waals surface area contributed by atoms with Crippen LogP contribution in [0, 0.1) is 5.82 Å². The lowest BCUT2D eigenvalue weighted by atomic mass is 10.1. The summed E-state index contributed by atoms with van der Waals surface area (Å²) in [6, 6.07) is 14.7. The van der Waals surface area contributed by atoms with Crippen LogP contribution in [0.2, 0.25) is 0 Å². The SMILES string of the molecule is O=C(NC(CCl)c1ccccc1)c1cccc(F)c1. The van der Waals surface area contributed by atoms with E-state index in [0.29, 0.717) is 0 Å². The maximum absolute atomic E-state index is 13.1. The van der Waals surface area contributed by atoms with E-state index < -0.39 is 5.82 Å². The average molecular weight is 278 g/mol. The Morgan fingerprint density at radius 2 is 1.89 bits per heavy atom. The number of rotatable bonds is 4. The molecule has 19 heavy (non-hydrogen) atoms. The van der Waals surface area contributed by atoms with Gasteiger partial charge in [0.1, 0.15) is 5.82 Å². The van der Waals surface area contributed by atoms with E-state index in [1.807, 2.05) is 30.3 Å². The first-order chi connectivity index (χ1) is 9.20. The van der Waals surface area contributed by atoms with E-state index in [9.17, 15) is 9.18 Å². The second-order valence-electron chi connectivity index (χ2n) is 4.10. The molecule has 2 nitrogen and oxygen atoms in total. The first-order valence-electron chi connectivity index (χ1n) is 5.88. The van der Waals surface area contributed by atoms with Gasteiger partial charge >= 0.3 is 0 Å². The molecule has 0 aliphatic heterocycles. The van der Waals surface area contributed by atoms with Crippen molar-refractivity contribution in [1.82, 2.24) is 5.32 Å². The van der Waals surface area contributed by atoms with E-state index >= 15 is 0 Å². The third kappa shape index (κ3) is 3.55. The highest BCUT2D eigenvalue weighted by Gasteiger charge is 2.14. The van der Waals surface area contributed by atoms with Crippen molar-refractivity contribution in [3.05, 3.63) is 71.5 Å². The summed E-state index contributed by atoms with van der Waals surface area (Å²) in [5.41, 5.74) is 1.20. The first kappa shape index (κ1) is 13.6. The zero-order valence-electron chi connectivity index (χ0n) is 10.1. The Hall–Kier alpha value is -1.87. The van der Waals surface area contributed by atoms with Crippen LogP contribution < -0.4 is 5.32 Å². The summed E-state index contributed by atoms with van der Waals surface area (Å²) in [6.07, 6.45) is 0. The number of alkyl halides is 1. The van der Waals surface area contributed by atoms with E-state index in [4.69, 9.17) is 11.6 Å². The van der Waals surface area contributed by atoms with Crippen LogP contribution >= 0.6 is 11.6 Å². The van der Waals surface area contributed by atoms with Crippen LogP contribution in [0.25, 0.3) is 0 Å². The maximum Gasteiger partial charge on any atom is 0.251 e. The van der Waals surface area contributed by atoms with Gasteiger partial charge in [-0.25, -0.2) is 4.39 Å². The largest absolute Gasteiger partial charge is 0.344 e. The highest BCUT2D eigenvalue weighted by atomic mass is 35.5. The van der Waals surface area contributed by atoms with Gasteiger partial charge in [0.25, 0.3) is 5.91 Å². The molecule has 1 unspecified atom stereocenters. The lowest BCUT2D eigenvalue weighted by Crippen LogP contribution is -2.29. The molecule has 98 valence electrons. The summed E-state index contributed by atoms with van der Waals surface area (Å²) in [5.74, 6) is -0.519. The molecule has 0 spiro atoms. The second kappa shape index (κ2) is 6.34. The Balaban J connectivity index is 2.13. The average Bonchev–Trinajstić information content (AvgIpc) is 2.45. The van der Waals surface area contributed by atoms with Gasteiger partial charge in [-0.2, -0.15) is 0 Å². The Bertz CT molecular complexity index is 559. The molecule has 2 aromatic rings. The summed E-state index contributed by atoms with van der Waals surface area (Å²) in [6.45, 7) is 0. The van der Waals surface area contributed by atoms with Gasteiger partial charge in [0, 0.05) is 11.4 Å². The van der Waals surface area contributed by atoms with Crippen LogP contribution in [0.15, 0.2) is 54.6 Å². The monoisotopic (exact) mass is 277 g/mol. The molecule has 2 aromatic carbocycles. The number of benzene rings is 2. The standard InChI is InChI=1S/C15H13ClFNO/c16-10-14(11-5-2-1-3-6-11)18-15(19)12-7-4-8-13(17)9-12/h1-9,14H,10H2,(H,18,19). The fourth-order valence-electron chi connectivity index (χ4n) is 1.77. The smallest absolute Gasteiger partial charge is 0.251 e. The lowest BCUT2D eigenvalue weighted by Gasteiger charge is -2.16. The summed E-state index contributed by atoms with van der Waals surface area (Å²) in [5, 5.41) is 2.79. The lowest BCUT2D eigenvalue weighted by molar-refractivity contribution is 0.0940. The molecule has 1 atom stereocenters. The third-order valence-electron chi connectivity index (χ3n) is 2.75. The quantitative estimate of drug-likeness (QED) is 0.851. The van der Waals surface area contributed by atoms with E-state index in [2.05, 4.69) is 5.32 Å². The van der Waals surface area contributed by atoms with Crippen molar-refractivity contribution in [2.45, 2.75) is 6.04 Å². The fourth-order valence-corrected chi connectivity index (χ4v) is 2.02. The van der Waals surface area contributed by atoms with Gasteiger partial charge in [0.05, 0.1) is 6.04 Å². The van der Waals surface area contributed by atoms with Crippen LogP contribution in [0.3, 0.4) is 0 Å². The number of hydrogen-bond donors (Lipinski definition) is 1. The summed E-state index contributed by atoms with van der Waals surface area (Å²) in [7, 11) is 0. The molecular formula is C15H13ClFNO. The minimum atomic E-state index is -0.435. The Morgan fingerprint density at radius 1 is 1.16 bits per heavy atom. The van der Waals surface area contributed by atoms with Gasteiger partial charge in [0.2, 0.25) is 0 Å². The first-order valence-corrected chi connectivity index (χ1v) is 6.41. The zero-order valence-corrected chi connectivity index (χ0v) is 10.9. The van der Waals surface area contributed by atoms with Gasteiger partial charge in [0.15, 0.2) is 0 Å². The van der Waals surface area contributed by atoms with Crippen LogP contribution in [0.1, 0.15) is 22.0 Å². The molecule has 0 bridgehead atoms. The van der Waals surface area contributed by atoms with Crippen LogP contribution in [-0.4, -0.2) is 11.8 Å². The second-order valence-corrected chi connectivity index (χ2v) is 4.41. The molecule has 0 aliphatic carbocycles. The van der Waals surface area contributed by atoms with Gasteiger partial charge in [-0.3, -0.25) is 4.79 Å². The molecule has 1 N–H and O–H groups in total. The number of nitrogens with one attached hydrogen (secondary N) is 1. The minimum Gasteiger partial charge on any atom is -0.344 e. The van der Waals surface area contributed by atoms with Crippen molar-refractivity contribution >= 4 is 17.5 Å². The topological polar surface area (TPSA) is 29.1 Å². The van der Waals surface area contributed by atoms with Crippen molar-refractivity contribution in [2.24, 2.45) is 0 Å². The van der Waals surface area contributed by atoms with Crippen LogP contribution in [-0.2, 0) is 0 Å². The van der Waals surface area contributed by atoms with Gasteiger partial charge in [-0.05, 0) is 23.8 Å². The number of halogens is 2. The normalized spacial score (nSPS) is 11.9. The Morgan fingerprint density at radius 3 is 2.53 bits per heavy atom. The van der Waals surface area contributed by atoms with Crippen molar-refractivity contribution in [3.8, 4) is 0 Å². The van der Waals surface area contributed by atoms with Gasteiger partial charge < -0.3 is 5.32 Å². The van der Waals surface area contributed by atoms with Crippen molar-refractivity contribution < 1.29 is 9.18 Å². The summed E-state index contributed by atoms with van der Waals surface area (Å²) >= 11 is 5.88. The Labute approximate surface area is 116 Å². The Kier molecular flexibility index (Phi) is 4.53. The van der Waals surface area contributed by atoms with Crippen molar-refractivity contribution in [1.29, 1.82) is 0 Å². The predicted octanol–water partition coefficient (Wildman–Crippen LogP) is 3.54. The summed E-state index contributed by atoms with van der Waals surface area (Å²) < 4.78 is 13.1. The van der Waals surface area contributed by atoms with Crippen LogP contribution in [0.4, 0.5) is 4.39 Å². The highest BCUT2D eigenvalue weighted by Crippen LogP contribution is 2.15. The number of carbonyl (C=O) groups excluding carboxylic acids is 1. The number of amides is 1. The molecule has 0 aliphatic rings. The molecule has 1 amide bonds. The molecular weight excluding hydrogens is 265 g/mol. The summed E-state index contributed by atoms with van der Waals surface area (Å²) in [4.78, 5) is 12.0. The zero-order chi connectivity index (χ0) is 13.7. The highest BCUT2D eigenvalue weighted by molar-refractivity contribution is 6.18. The molecule has 0 radical (unpaired) electrons. The molecule has 4 heteroatoms. The molecule has 0 fully saturated rings. The molecule has 0 saturated carbocycles. The predicted molar refractivity (Wildman–Crippen MR) is 73.8 cm³/mol. The van der Waals surface area contributed by atoms with E-state index in [0.717, 1.165) is 5.56 Å². The molecule has 2 rings (SSSR count).